The molecule has 2 heteroatoms. The quantitative estimate of drug-likeness (QED) is 0.824. The molecule has 0 atom stereocenters. The standard InChI is InChI=1S/C18H28N2/c1-13(2)7-6-10-20-15(4)14(3)17-11-16(12-19-5)8-9-18(17)20/h8-9,11,13,19H,6-7,10,12H2,1-5H3. The van der Waals surface area contributed by atoms with Gasteiger partial charge in [0.15, 0.2) is 0 Å². The molecule has 0 saturated heterocycles. The molecule has 20 heavy (non-hydrogen) atoms. The van der Waals surface area contributed by atoms with Crippen molar-refractivity contribution >= 4 is 10.9 Å². The van der Waals surface area contributed by atoms with E-state index in [1.54, 1.807) is 0 Å². The van der Waals surface area contributed by atoms with Crippen LogP contribution in [0.4, 0.5) is 0 Å². The van der Waals surface area contributed by atoms with Gasteiger partial charge in [-0.1, -0.05) is 19.9 Å². The van der Waals surface area contributed by atoms with Gasteiger partial charge in [0.1, 0.15) is 0 Å². The van der Waals surface area contributed by atoms with E-state index in [0.29, 0.717) is 0 Å². The highest BCUT2D eigenvalue weighted by Gasteiger charge is 2.11. The van der Waals surface area contributed by atoms with Crippen LogP contribution < -0.4 is 5.32 Å². The molecule has 0 aliphatic carbocycles. The molecule has 0 fully saturated rings. The highest BCUT2D eigenvalue weighted by Crippen LogP contribution is 2.27. The molecule has 1 N–H and O–H groups in total. The first-order valence-corrected chi connectivity index (χ1v) is 7.77. The average Bonchev–Trinajstić information content (AvgIpc) is 2.64. The number of hydrogen-bond acceptors (Lipinski definition) is 1. The first kappa shape index (κ1) is 15.1. The Hall–Kier alpha value is -1.28. The summed E-state index contributed by atoms with van der Waals surface area (Å²) in [4.78, 5) is 0. The van der Waals surface area contributed by atoms with E-state index in [0.717, 1.165) is 19.0 Å². The van der Waals surface area contributed by atoms with Crippen LogP contribution in [0.3, 0.4) is 0 Å². The van der Waals surface area contributed by atoms with Crippen molar-refractivity contribution in [3.8, 4) is 0 Å². The lowest BCUT2D eigenvalue weighted by Gasteiger charge is -2.10. The summed E-state index contributed by atoms with van der Waals surface area (Å²) in [5.74, 6) is 0.792. The number of nitrogens with one attached hydrogen (secondary N) is 1. The first-order chi connectivity index (χ1) is 9.54. The van der Waals surface area contributed by atoms with Crippen LogP contribution in [0.2, 0.25) is 0 Å². The molecule has 0 amide bonds. The fourth-order valence-corrected chi connectivity index (χ4v) is 2.96. The van der Waals surface area contributed by atoms with Crippen molar-refractivity contribution in [2.24, 2.45) is 5.92 Å². The Kier molecular flexibility index (Phi) is 4.87. The monoisotopic (exact) mass is 272 g/mol. The summed E-state index contributed by atoms with van der Waals surface area (Å²) in [6.45, 7) is 11.2. The van der Waals surface area contributed by atoms with Gasteiger partial charge in [-0.2, -0.15) is 0 Å². The third kappa shape index (κ3) is 3.06. The summed E-state index contributed by atoms with van der Waals surface area (Å²) in [7, 11) is 2.00. The van der Waals surface area contributed by atoms with Gasteiger partial charge >= 0.3 is 0 Å². The zero-order chi connectivity index (χ0) is 14.7. The average molecular weight is 272 g/mol. The van der Waals surface area contributed by atoms with Crippen LogP contribution in [0, 0.1) is 19.8 Å². The Morgan fingerprint density at radius 3 is 2.60 bits per heavy atom. The molecule has 1 heterocycles. The fraction of sp³-hybridized carbons (Fsp3) is 0.556. The molecule has 0 aliphatic heterocycles. The van der Waals surface area contributed by atoms with Crippen LogP contribution in [0.15, 0.2) is 18.2 Å². The van der Waals surface area contributed by atoms with E-state index in [9.17, 15) is 0 Å². The highest BCUT2D eigenvalue weighted by molar-refractivity contribution is 5.86. The molecule has 1 aromatic heterocycles. The van der Waals surface area contributed by atoms with Crippen molar-refractivity contribution in [3.63, 3.8) is 0 Å². The molecule has 0 saturated carbocycles. The predicted molar refractivity (Wildman–Crippen MR) is 88.2 cm³/mol. The third-order valence-corrected chi connectivity index (χ3v) is 4.25. The second-order valence-corrected chi connectivity index (χ2v) is 6.28. The molecule has 1 aromatic carbocycles. The molecule has 0 radical (unpaired) electrons. The minimum absolute atomic E-state index is 0.792. The Morgan fingerprint density at radius 2 is 1.95 bits per heavy atom. The van der Waals surface area contributed by atoms with E-state index in [1.807, 2.05) is 7.05 Å². The van der Waals surface area contributed by atoms with Gasteiger partial charge in [-0.05, 0) is 62.9 Å². The molecular formula is C18H28N2. The molecule has 2 nitrogen and oxygen atoms in total. The first-order valence-electron chi connectivity index (χ1n) is 7.77. The van der Waals surface area contributed by atoms with Crippen LogP contribution >= 0.6 is 0 Å². The number of benzene rings is 1. The maximum Gasteiger partial charge on any atom is 0.0485 e. The van der Waals surface area contributed by atoms with Crippen LogP contribution in [-0.4, -0.2) is 11.6 Å². The number of nitrogens with zero attached hydrogens (tertiary/aromatic N) is 1. The van der Waals surface area contributed by atoms with Gasteiger partial charge in [0.05, 0.1) is 0 Å². The number of rotatable bonds is 6. The van der Waals surface area contributed by atoms with Gasteiger partial charge in [-0.3, -0.25) is 0 Å². The van der Waals surface area contributed by atoms with Crippen molar-refractivity contribution in [2.45, 2.75) is 53.6 Å². The van der Waals surface area contributed by atoms with Crippen LogP contribution in [0.5, 0.6) is 0 Å². The van der Waals surface area contributed by atoms with Gasteiger partial charge in [-0.25, -0.2) is 0 Å². The molecule has 110 valence electrons. The smallest absolute Gasteiger partial charge is 0.0485 e. The van der Waals surface area contributed by atoms with E-state index in [1.165, 1.54) is 40.6 Å². The number of hydrogen-bond donors (Lipinski definition) is 1. The fourth-order valence-electron chi connectivity index (χ4n) is 2.96. The van der Waals surface area contributed by atoms with Crippen LogP contribution in [-0.2, 0) is 13.1 Å². The lowest BCUT2D eigenvalue weighted by atomic mass is 10.1. The number of aromatic nitrogens is 1. The summed E-state index contributed by atoms with van der Waals surface area (Å²) < 4.78 is 2.50. The Balaban J connectivity index is 2.32. The summed E-state index contributed by atoms with van der Waals surface area (Å²) in [5.41, 5.74) is 5.61. The summed E-state index contributed by atoms with van der Waals surface area (Å²) in [6, 6.07) is 6.88. The Labute approximate surface area is 123 Å². The molecule has 0 unspecified atom stereocenters. The topological polar surface area (TPSA) is 17.0 Å². The van der Waals surface area contributed by atoms with Gasteiger partial charge in [-0.15, -0.1) is 0 Å². The van der Waals surface area contributed by atoms with Crippen molar-refractivity contribution in [1.82, 2.24) is 9.88 Å². The van der Waals surface area contributed by atoms with Gasteiger partial charge in [0.2, 0.25) is 0 Å². The molecule has 2 aromatic rings. The van der Waals surface area contributed by atoms with E-state index in [-0.39, 0.29) is 0 Å². The van der Waals surface area contributed by atoms with Crippen molar-refractivity contribution in [1.29, 1.82) is 0 Å². The second-order valence-electron chi connectivity index (χ2n) is 6.28. The van der Waals surface area contributed by atoms with E-state index < -0.39 is 0 Å². The zero-order valence-corrected chi connectivity index (χ0v) is 13.6. The minimum atomic E-state index is 0.792. The van der Waals surface area contributed by atoms with Gasteiger partial charge in [0.25, 0.3) is 0 Å². The summed E-state index contributed by atoms with van der Waals surface area (Å²) >= 11 is 0. The van der Waals surface area contributed by atoms with Gasteiger partial charge < -0.3 is 9.88 Å². The Bertz CT molecular complexity index is 579. The van der Waals surface area contributed by atoms with Crippen molar-refractivity contribution in [2.75, 3.05) is 7.05 Å². The SMILES string of the molecule is CNCc1ccc2c(c1)c(C)c(C)n2CCCC(C)C. The largest absolute Gasteiger partial charge is 0.345 e. The van der Waals surface area contributed by atoms with Gasteiger partial charge in [0, 0.05) is 29.7 Å². The molecule has 0 spiro atoms. The van der Waals surface area contributed by atoms with E-state index in [2.05, 4.69) is 55.8 Å². The van der Waals surface area contributed by atoms with Crippen LogP contribution in [0.1, 0.15) is 43.5 Å². The highest BCUT2D eigenvalue weighted by atomic mass is 15.0. The lowest BCUT2D eigenvalue weighted by Crippen LogP contribution is -2.05. The van der Waals surface area contributed by atoms with Crippen LogP contribution in [0.25, 0.3) is 10.9 Å². The zero-order valence-electron chi connectivity index (χ0n) is 13.6. The molecular weight excluding hydrogens is 244 g/mol. The third-order valence-electron chi connectivity index (χ3n) is 4.25. The number of fused-ring (bicyclic) bond motifs is 1. The second kappa shape index (κ2) is 6.45. The Morgan fingerprint density at radius 1 is 1.20 bits per heavy atom. The minimum Gasteiger partial charge on any atom is -0.345 e. The summed E-state index contributed by atoms with van der Waals surface area (Å²) in [5, 5.41) is 4.65. The predicted octanol–water partition coefficient (Wildman–Crippen LogP) is 4.41. The maximum atomic E-state index is 3.23. The van der Waals surface area contributed by atoms with E-state index in [4.69, 9.17) is 0 Å². The van der Waals surface area contributed by atoms with Crippen molar-refractivity contribution < 1.29 is 0 Å². The summed E-state index contributed by atoms with van der Waals surface area (Å²) in [6.07, 6.45) is 2.57. The van der Waals surface area contributed by atoms with Crippen molar-refractivity contribution in [3.05, 3.63) is 35.0 Å². The molecule has 0 aliphatic rings. The lowest BCUT2D eigenvalue weighted by molar-refractivity contribution is 0.514. The number of aryl methyl sites for hydroxylation is 2. The van der Waals surface area contributed by atoms with E-state index >= 15 is 0 Å². The molecule has 2 rings (SSSR count). The normalized spacial score (nSPS) is 11.7. The maximum absolute atomic E-state index is 3.23. The molecule has 0 bridgehead atoms.